The summed E-state index contributed by atoms with van der Waals surface area (Å²) in [6.45, 7) is 1.94. The van der Waals surface area contributed by atoms with E-state index >= 15 is 0 Å². The fourth-order valence-corrected chi connectivity index (χ4v) is 0.854. The van der Waals surface area contributed by atoms with Gasteiger partial charge in [0.05, 0.1) is 5.88 Å². The van der Waals surface area contributed by atoms with Crippen molar-refractivity contribution in [2.45, 2.75) is 6.92 Å². The van der Waals surface area contributed by atoms with Gasteiger partial charge >= 0.3 is 0 Å². The number of hydrogen-bond acceptors (Lipinski definition) is 2. The number of nitrogen functional groups attached to an aromatic ring is 1. The van der Waals surface area contributed by atoms with Crippen LogP contribution in [0.4, 0.5) is 5.82 Å². The zero-order valence-electron chi connectivity index (χ0n) is 6.76. The summed E-state index contributed by atoms with van der Waals surface area (Å²) >= 11 is 5.41. The van der Waals surface area contributed by atoms with E-state index in [1.54, 1.807) is 6.07 Å². The highest BCUT2D eigenvalue weighted by Crippen LogP contribution is 2.05. The van der Waals surface area contributed by atoms with Crippen LogP contribution in [-0.2, 0) is 0 Å². The first-order valence-electron chi connectivity index (χ1n) is 3.52. The first kappa shape index (κ1) is 8.89. The molecule has 0 amide bonds. The topological polar surface area (TPSA) is 38.9 Å². The predicted octanol–water partition coefficient (Wildman–Crippen LogP) is 1.56. The molecule has 1 aromatic rings. The highest BCUT2D eigenvalue weighted by Gasteiger charge is 1.95. The van der Waals surface area contributed by atoms with E-state index in [1.807, 2.05) is 13.0 Å². The molecule has 0 aliphatic rings. The van der Waals surface area contributed by atoms with Crippen molar-refractivity contribution in [3.05, 3.63) is 23.4 Å². The van der Waals surface area contributed by atoms with E-state index in [4.69, 9.17) is 17.3 Å². The maximum atomic E-state index is 5.49. The molecule has 3 heteroatoms. The van der Waals surface area contributed by atoms with Gasteiger partial charge in [-0.15, -0.1) is 11.6 Å². The van der Waals surface area contributed by atoms with E-state index in [-0.39, 0.29) is 0 Å². The quantitative estimate of drug-likeness (QED) is 0.486. The predicted molar refractivity (Wildman–Crippen MR) is 51.0 cm³/mol. The van der Waals surface area contributed by atoms with Gasteiger partial charge in [-0.2, -0.15) is 0 Å². The Morgan fingerprint density at radius 1 is 1.58 bits per heavy atom. The minimum absolute atomic E-state index is 0.315. The van der Waals surface area contributed by atoms with Gasteiger partial charge in [-0.3, -0.25) is 0 Å². The minimum Gasteiger partial charge on any atom is -0.384 e. The van der Waals surface area contributed by atoms with Gasteiger partial charge in [0, 0.05) is 0 Å². The van der Waals surface area contributed by atoms with Crippen molar-refractivity contribution in [3.63, 3.8) is 0 Å². The molecule has 0 aromatic carbocycles. The molecule has 2 N–H and O–H groups in total. The van der Waals surface area contributed by atoms with Crippen LogP contribution >= 0.6 is 11.6 Å². The monoisotopic (exact) mass is 180 g/mol. The zero-order valence-corrected chi connectivity index (χ0v) is 7.52. The Labute approximate surface area is 76.8 Å². The van der Waals surface area contributed by atoms with E-state index < -0.39 is 0 Å². The molecule has 1 heterocycles. The SMILES string of the molecule is Cc1ccc(N)nc1C#CCCl. The van der Waals surface area contributed by atoms with E-state index in [0.29, 0.717) is 17.4 Å². The highest BCUT2D eigenvalue weighted by atomic mass is 35.5. The lowest BCUT2D eigenvalue weighted by Gasteiger charge is -1.97. The van der Waals surface area contributed by atoms with Gasteiger partial charge in [-0.25, -0.2) is 4.98 Å². The van der Waals surface area contributed by atoms with Gasteiger partial charge in [0.2, 0.25) is 0 Å². The molecule has 62 valence electrons. The number of hydrogen-bond donors (Lipinski definition) is 1. The summed E-state index contributed by atoms with van der Waals surface area (Å²) in [6.07, 6.45) is 0. The Morgan fingerprint density at radius 2 is 2.33 bits per heavy atom. The third kappa shape index (κ3) is 2.14. The van der Waals surface area contributed by atoms with Crippen molar-refractivity contribution >= 4 is 17.4 Å². The number of nitrogens with zero attached hydrogens (tertiary/aromatic N) is 1. The van der Waals surface area contributed by atoms with Crippen LogP contribution in [0, 0.1) is 18.8 Å². The second kappa shape index (κ2) is 3.99. The van der Waals surface area contributed by atoms with Crippen LogP contribution < -0.4 is 5.73 Å². The van der Waals surface area contributed by atoms with Crippen molar-refractivity contribution in [3.8, 4) is 11.8 Å². The largest absolute Gasteiger partial charge is 0.384 e. The first-order valence-corrected chi connectivity index (χ1v) is 4.05. The van der Waals surface area contributed by atoms with Crippen LogP contribution in [0.3, 0.4) is 0 Å². The lowest BCUT2D eigenvalue weighted by atomic mass is 10.2. The summed E-state index contributed by atoms with van der Waals surface area (Å²) in [5.41, 5.74) is 7.21. The Bertz CT molecular complexity index is 336. The summed E-state index contributed by atoms with van der Waals surface area (Å²) in [5.74, 6) is 6.36. The molecule has 1 aromatic heterocycles. The van der Waals surface area contributed by atoms with E-state index in [1.165, 1.54) is 0 Å². The van der Waals surface area contributed by atoms with Crippen LogP contribution in [0.25, 0.3) is 0 Å². The Hall–Kier alpha value is -1.20. The Kier molecular flexibility index (Phi) is 2.95. The van der Waals surface area contributed by atoms with Gasteiger partial charge in [0.25, 0.3) is 0 Å². The molecule has 0 bridgehead atoms. The van der Waals surface area contributed by atoms with Crippen molar-refractivity contribution in [1.29, 1.82) is 0 Å². The number of anilines is 1. The zero-order chi connectivity index (χ0) is 8.97. The molecular formula is C9H9ClN2. The smallest absolute Gasteiger partial charge is 0.124 e. The summed E-state index contributed by atoms with van der Waals surface area (Å²) in [6, 6.07) is 3.64. The Morgan fingerprint density at radius 3 is 3.00 bits per heavy atom. The molecule has 1 rings (SSSR count). The minimum atomic E-state index is 0.315. The summed E-state index contributed by atoms with van der Waals surface area (Å²) < 4.78 is 0. The summed E-state index contributed by atoms with van der Waals surface area (Å²) in [5, 5.41) is 0. The number of aromatic nitrogens is 1. The summed E-state index contributed by atoms with van der Waals surface area (Å²) in [7, 11) is 0. The van der Waals surface area contributed by atoms with Crippen molar-refractivity contribution in [2.24, 2.45) is 0 Å². The fourth-order valence-electron chi connectivity index (χ4n) is 0.788. The molecule has 0 saturated heterocycles. The fraction of sp³-hybridized carbons (Fsp3) is 0.222. The van der Waals surface area contributed by atoms with Crippen LogP contribution in [0.2, 0.25) is 0 Å². The molecule has 0 fully saturated rings. The second-order valence-corrected chi connectivity index (χ2v) is 2.60. The van der Waals surface area contributed by atoms with Crippen LogP contribution in [-0.4, -0.2) is 10.9 Å². The molecule has 0 unspecified atom stereocenters. The van der Waals surface area contributed by atoms with Crippen LogP contribution in [0.15, 0.2) is 12.1 Å². The highest BCUT2D eigenvalue weighted by molar-refractivity contribution is 6.19. The van der Waals surface area contributed by atoms with Crippen LogP contribution in [0.5, 0.6) is 0 Å². The molecule has 0 spiro atoms. The number of halogens is 1. The Balaban J connectivity index is 3.05. The number of pyridine rings is 1. The molecular weight excluding hydrogens is 172 g/mol. The van der Waals surface area contributed by atoms with Crippen molar-refractivity contribution < 1.29 is 0 Å². The van der Waals surface area contributed by atoms with Gasteiger partial charge < -0.3 is 5.73 Å². The maximum absolute atomic E-state index is 5.49. The lowest BCUT2D eigenvalue weighted by molar-refractivity contribution is 1.24. The lowest BCUT2D eigenvalue weighted by Crippen LogP contribution is -1.94. The van der Waals surface area contributed by atoms with E-state index in [2.05, 4.69) is 16.8 Å². The maximum Gasteiger partial charge on any atom is 0.124 e. The number of alkyl halides is 1. The molecule has 0 atom stereocenters. The first-order chi connectivity index (χ1) is 5.74. The van der Waals surface area contributed by atoms with E-state index in [0.717, 1.165) is 5.56 Å². The van der Waals surface area contributed by atoms with Gasteiger partial charge in [0.15, 0.2) is 0 Å². The average Bonchev–Trinajstić information content (AvgIpc) is 2.07. The molecule has 2 nitrogen and oxygen atoms in total. The molecule has 0 aliphatic carbocycles. The number of rotatable bonds is 0. The average molecular weight is 181 g/mol. The molecule has 0 radical (unpaired) electrons. The van der Waals surface area contributed by atoms with Gasteiger partial charge in [0.1, 0.15) is 11.5 Å². The third-order valence-corrected chi connectivity index (χ3v) is 1.53. The number of nitrogens with two attached hydrogens (primary N) is 1. The normalized spacial score (nSPS) is 8.83. The summed E-state index contributed by atoms with van der Waals surface area (Å²) in [4.78, 5) is 4.06. The van der Waals surface area contributed by atoms with E-state index in [9.17, 15) is 0 Å². The number of aryl methyl sites for hydroxylation is 1. The van der Waals surface area contributed by atoms with Crippen LogP contribution in [0.1, 0.15) is 11.3 Å². The standard InChI is InChI=1S/C9H9ClN2/c1-7-4-5-9(11)12-8(7)3-2-6-10/h4-5H,6H2,1H3,(H2,11,12). The molecule has 0 saturated carbocycles. The van der Waals surface area contributed by atoms with Gasteiger partial charge in [-0.1, -0.05) is 12.0 Å². The molecule has 12 heavy (non-hydrogen) atoms. The second-order valence-electron chi connectivity index (χ2n) is 2.34. The van der Waals surface area contributed by atoms with Gasteiger partial charge in [-0.05, 0) is 24.5 Å². The molecule has 0 aliphatic heterocycles. The van der Waals surface area contributed by atoms with Crippen molar-refractivity contribution in [2.75, 3.05) is 11.6 Å². The van der Waals surface area contributed by atoms with Crippen molar-refractivity contribution in [1.82, 2.24) is 4.98 Å². The third-order valence-electron chi connectivity index (χ3n) is 1.39.